The maximum absolute atomic E-state index is 6.87. The minimum Gasteiger partial charge on any atom is -0.456 e. The first-order valence-corrected chi connectivity index (χ1v) is 22.1. The molecule has 188 valence electrons. The molecule has 7 nitrogen and oxygen atoms in total. The van der Waals surface area contributed by atoms with Crippen molar-refractivity contribution in [3.05, 3.63) is 0 Å². The lowest BCUT2D eigenvalue weighted by molar-refractivity contribution is 0.0717. The van der Waals surface area contributed by atoms with E-state index in [1.165, 1.54) is 0 Å². The smallest absolute Gasteiger partial charge is 0.456 e. The van der Waals surface area contributed by atoms with Crippen LogP contribution in [0.15, 0.2) is 0 Å². The second-order valence-corrected chi connectivity index (χ2v) is 22.9. The highest BCUT2D eigenvalue weighted by Gasteiger charge is 2.46. The molecule has 0 aliphatic rings. The SMILES string of the molecule is CCO[Si](CC[Si](C)(C)O[Si](C)(C)CC[Si](OCC)(OCC)OCC)(OCC)OCC. The van der Waals surface area contributed by atoms with Gasteiger partial charge >= 0.3 is 17.6 Å². The summed E-state index contributed by atoms with van der Waals surface area (Å²) in [6, 6.07) is 3.53. The third kappa shape index (κ3) is 12.6. The van der Waals surface area contributed by atoms with E-state index < -0.39 is 34.2 Å². The maximum atomic E-state index is 6.87. The fourth-order valence-electron chi connectivity index (χ4n) is 3.76. The number of hydrogen-bond acceptors (Lipinski definition) is 7. The highest BCUT2D eigenvalue weighted by atomic mass is 28.4. The lowest BCUT2D eigenvalue weighted by atomic mass is 10.9. The molecular weight excluding hydrogens is 465 g/mol. The van der Waals surface area contributed by atoms with Gasteiger partial charge in [0.1, 0.15) is 0 Å². The van der Waals surface area contributed by atoms with Crippen LogP contribution in [-0.2, 0) is 30.7 Å². The topological polar surface area (TPSA) is 64.6 Å². The largest absolute Gasteiger partial charge is 0.500 e. The summed E-state index contributed by atoms with van der Waals surface area (Å²) in [7, 11) is -9.16. The molecule has 0 heterocycles. The molecule has 0 aromatic heterocycles. The first-order valence-electron chi connectivity index (χ1n) is 12.0. The average molecular weight is 515 g/mol. The van der Waals surface area contributed by atoms with Crippen LogP contribution >= 0.6 is 0 Å². The van der Waals surface area contributed by atoms with Gasteiger partial charge in [-0.25, -0.2) is 0 Å². The predicted octanol–water partition coefficient (Wildman–Crippen LogP) is 5.51. The van der Waals surface area contributed by atoms with Gasteiger partial charge in [0.25, 0.3) is 0 Å². The van der Waals surface area contributed by atoms with E-state index >= 15 is 0 Å². The van der Waals surface area contributed by atoms with Gasteiger partial charge in [-0.15, -0.1) is 0 Å². The normalized spacial score (nSPS) is 13.7. The van der Waals surface area contributed by atoms with Crippen LogP contribution in [0.25, 0.3) is 0 Å². The summed E-state index contributed by atoms with van der Waals surface area (Å²) < 4.78 is 43.1. The van der Waals surface area contributed by atoms with Crippen LogP contribution in [0.4, 0.5) is 0 Å². The third-order valence-corrected chi connectivity index (χ3v) is 19.2. The molecule has 0 rings (SSSR count). The van der Waals surface area contributed by atoms with Crippen LogP contribution in [0, 0.1) is 0 Å². The Bertz CT molecular complexity index is 393. The standard InChI is InChI=1S/C20H50O7Si4/c1-11-21-30(22-12-2,23-13-3)19-17-28(7,8)27-29(9,10)18-20-31(24-14-4,25-15-5)26-16-6/h11-20H2,1-10H3. The van der Waals surface area contributed by atoms with Gasteiger partial charge < -0.3 is 30.7 Å². The van der Waals surface area contributed by atoms with Crippen LogP contribution in [0.2, 0.25) is 50.4 Å². The van der Waals surface area contributed by atoms with Crippen molar-refractivity contribution in [1.29, 1.82) is 0 Å². The average Bonchev–Trinajstić information content (AvgIpc) is 2.66. The zero-order chi connectivity index (χ0) is 24.0. The van der Waals surface area contributed by atoms with Crippen LogP contribution in [-0.4, -0.2) is 73.9 Å². The zero-order valence-corrected chi connectivity index (χ0v) is 25.9. The molecule has 0 unspecified atom stereocenters. The fourth-order valence-corrected chi connectivity index (χ4v) is 21.8. The molecule has 0 aromatic carbocycles. The van der Waals surface area contributed by atoms with Gasteiger partial charge in [-0.05, 0) is 79.8 Å². The van der Waals surface area contributed by atoms with Gasteiger partial charge in [0.15, 0.2) is 16.6 Å². The molecule has 0 N–H and O–H groups in total. The third-order valence-electron chi connectivity index (χ3n) is 4.80. The summed E-state index contributed by atoms with van der Waals surface area (Å²) in [4.78, 5) is 0. The zero-order valence-electron chi connectivity index (χ0n) is 21.9. The highest BCUT2D eigenvalue weighted by molar-refractivity contribution is 6.86. The molecule has 0 fully saturated rings. The van der Waals surface area contributed by atoms with Crippen LogP contribution < -0.4 is 0 Å². The van der Waals surface area contributed by atoms with Crippen molar-refractivity contribution in [3.8, 4) is 0 Å². The summed E-state index contributed by atoms with van der Waals surface area (Å²) >= 11 is 0. The fraction of sp³-hybridized carbons (Fsp3) is 1.00. The lowest BCUT2D eigenvalue weighted by Crippen LogP contribution is -2.51. The molecule has 0 spiro atoms. The first kappa shape index (κ1) is 31.6. The molecule has 0 atom stereocenters. The Balaban J connectivity index is 5.14. The quantitative estimate of drug-likeness (QED) is 0.198. The monoisotopic (exact) mass is 514 g/mol. The van der Waals surface area contributed by atoms with E-state index in [0.717, 1.165) is 24.2 Å². The van der Waals surface area contributed by atoms with E-state index in [1.807, 2.05) is 41.5 Å². The Hall–Kier alpha value is 0.588. The van der Waals surface area contributed by atoms with Gasteiger partial charge in [-0.3, -0.25) is 0 Å². The molecule has 31 heavy (non-hydrogen) atoms. The summed E-state index contributed by atoms with van der Waals surface area (Å²) in [5.41, 5.74) is 0. The van der Waals surface area contributed by atoms with Gasteiger partial charge in [-0.2, -0.15) is 0 Å². The van der Waals surface area contributed by atoms with E-state index in [4.69, 9.17) is 30.7 Å². The molecule has 0 aliphatic carbocycles. The van der Waals surface area contributed by atoms with E-state index in [-0.39, 0.29) is 0 Å². The van der Waals surface area contributed by atoms with Crippen LogP contribution in [0.5, 0.6) is 0 Å². The second-order valence-electron chi connectivity index (χ2n) is 8.59. The van der Waals surface area contributed by atoms with Crippen molar-refractivity contribution in [1.82, 2.24) is 0 Å². The number of rotatable bonds is 20. The predicted molar refractivity (Wildman–Crippen MR) is 137 cm³/mol. The van der Waals surface area contributed by atoms with Gasteiger partial charge in [0.2, 0.25) is 0 Å². The maximum Gasteiger partial charge on any atom is 0.500 e. The summed E-state index contributed by atoms with van der Waals surface area (Å²) in [5, 5.41) is 0. The minimum atomic E-state index is -2.64. The Labute approximate surface area is 196 Å². The number of hydrogen-bond donors (Lipinski definition) is 0. The van der Waals surface area contributed by atoms with E-state index in [0.29, 0.717) is 39.6 Å². The summed E-state index contributed by atoms with van der Waals surface area (Å²) in [6.07, 6.45) is 0. The van der Waals surface area contributed by atoms with Crippen molar-refractivity contribution in [2.75, 3.05) is 39.6 Å². The molecule has 0 radical (unpaired) electrons. The molecule has 0 saturated carbocycles. The van der Waals surface area contributed by atoms with Crippen molar-refractivity contribution in [2.45, 2.75) is 91.9 Å². The molecule has 0 saturated heterocycles. The Morgan fingerprint density at radius 1 is 0.387 bits per heavy atom. The summed E-state index contributed by atoms with van der Waals surface area (Å²) in [5.74, 6) is 0. The molecule has 0 aliphatic heterocycles. The molecule has 0 amide bonds. The highest BCUT2D eigenvalue weighted by Crippen LogP contribution is 2.30. The van der Waals surface area contributed by atoms with Gasteiger partial charge in [0, 0.05) is 51.7 Å². The van der Waals surface area contributed by atoms with Crippen molar-refractivity contribution in [3.63, 3.8) is 0 Å². The van der Waals surface area contributed by atoms with Crippen LogP contribution in [0.1, 0.15) is 41.5 Å². The Morgan fingerprint density at radius 3 is 0.806 bits per heavy atom. The first-order chi connectivity index (χ1) is 14.5. The minimum absolute atomic E-state index is 0.605. The van der Waals surface area contributed by atoms with Crippen LogP contribution in [0.3, 0.4) is 0 Å². The molecule has 0 bridgehead atoms. The molecule has 0 aromatic rings. The Kier molecular flexibility index (Phi) is 15.8. The second kappa shape index (κ2) is 15.5. The molecular formula is C20H50O7Si4. The van der Waals surface area contributed by atoms with Gasteiger partial charge in [-0.1, -0.05) is 0 Å². The van der Waals surface area contributed by atoms with Crippen molar-refractivity contribution >= 4 is 34.2 Å². The van der Waals surface area contributed by atoms with Crippen molar-refractivity contribution in [2.24, 2.45) is 0 Å². The van der Waals surface area contributed by atoms with E-state index in [2.05, 4.69) is 26.2 Å². The van der Waals surface area contributed by atoms with E-state index in [1.54, 1.807) is 0 Å². The van der Waals surface area contributed by atoms with E-state index in [9.17, 15) is 0 Å². The molecule has 11 heteroatoms. The Morgan fingerprint density at radius 2 is 0.613 bits per heavy atom. The lowest BCUT2D eigenvalue weighted by Gasteiger charge is -2.37. The van der Waals surface area contributed by atoms with Gasteiger partial charge in [0.05, 0.1) is 0 Å². The van der Waals surface area contributed by atoms with Crippen molar-refractivity contribution < 1.29 is 30.7 Å². The summed E-state index contributed by atoms with van der Waals surface area (Å²) in [6.45, 7) is 24.8.